The minimum Gasteiger partial charge on any atom is -0.275 e. The Labute approximate surface area is 173 Å². The second-order valence-corrected chi connectivity index (χ2v) is 7.33. The molecule has 0 N–H and O–H groups in total. The molecule has 7 nitrogen and oxygen atoms in total. The molecule has 2 aromatic heterocycles. The summed E-state index contributed by atoms with van der Waals surface area (Å²) in [6, 6.07) is 21.7. The number of rotatable bonds is 3. The van der Waals surface area contributed by atoms with Crippen LogP contribution < -0.4 is 0 Å². The van der Waals surface area contributed by atoms with Crippen molar-refractivity contribution >= 4 is 43.9 Å². The number of non-ortho nitro benzene ring substituents is 1. The second kappa shape index (κ2) is 6.75. The van der Waals surface area contributed by atoms with Gasteiger partial charge in [-0.25, -0.2) is 15.0 Å². The van der Waals surface area contributed by atoms with Crippen LogP contribution in [0.2, 0.25) is 0 Å². The van der Waals surface area contributed by atoms with E-state index in [1.807, 2.05) is 53.1 Å². The highest BCUT2D eigenvalue weighted by Crippen LogP contribution is 2.30. The van der Waals surface area contributed by atoms with Gasteiger partial charge in [0.25, 0.3) is 5.69 Å². The summed E-state index contributed by atoms with van der Waals surface area (Å²) in [5.74, 6) is 0.543. The number of hydrogen-bond donors (Lipinski definition) is 0. The van der Waals surface area contributed by atoms with Gasteiger partial charge >= 0.3 is 0 Å². The first-order valence-electron chi connectivity index (χ1n) is 8.76. The third kappa shape index (κ3) is 3.03. The van der Waals surface area contributed by atoms with E-state index in [1.54, 1.807) is 12.1 Å². The van der Waals surface area contributed by atoms with Crippen molar-refractivity contribution < 1.29 is 4.92 Å². The standard InChI is InChI=1S/C21H12BrN5O2/c22-14-8-10-15(11-9-14)26-20(13-4-3-5-16(12-13)27(28)29)25-19-21(26)24-18-7-2-1-6-17(18)23-19/h1-12H. The number of para-hydroxylation sites is 2. The first kappa shape index (κ1) is 17.4. The molecule has 0 aliphatic rings. The molecule has 5 rings (SSSR count). The Hall–Kier alpha value is -3.65. The molecule has 0 fully saturated rings. The van der Waals surface area contributed by atoms with Crippen molar-refractivity contribution in [3.05, 3.63) is 87.4 Å². The highest BCUT2D eigenvalue weighted by molar-refractivity contribution is 9.10. The molecular formula is C21H12BrN5O2. The summed E-state index contributed by atoms with van der Waals surface area (Å²) in [5.41, 5.74) is 4.02. The summed E-state index contributed by atoms with van der Waals surface area (Å²) in [4.78, 5) is 24.9. The van der Waals surface area contributed by atoms with Gasteiger partial charge in [-0.1, -0.05) is 40.2 Å². The first-order chi connectivity index (χ1) is 14.1. The number of benzene rings is 3. The summed E-state index contributed by atoms with van der Waals surface area (Å²) < 4.78 is 2.82. The zero-order chi connectivity index (χ0) is 20.0. The van der Waals surface area contributed by atoms with Crippen molar-refractivity contribution in [2.45, 2.75) is 0 Å². The number of imidazole rings is 1. The molecule has 0 bridgehead atoms. The van der Waals surface area contributed by atoms with Crippen molar-refractivity contribution in [2.24, 2.45) is 0 Å². The Bertz CT molecular complexity index is 1400. The Morgan fingerprint density at radius 2 is 1.59 bits per heavy atom. The molecule has 0 unspecified atom stereocenters. The van der Waals surface area contributed by atoms with Crippen molar-refractivity contribution in [3.63, 3.8) is 0 Å². The zero-order valence-corrected chi connectivity index (χ0v) is 16.4. The van der Waals surface area contributed by atoms with Crippen LogP contribution in [0.5, 0.6) is 0 Å². The lowest BCUT2D eigenvalue weighted by Crippen LogP contribution is -1.99. The maximum atomic E-state index is 11.3. The molecule has 5 aromatic rings. The van der Waals surface area contributed by atoms with Gasteiger partial charge < -0.3 is 0 Å². The van der Waals surface area contributed by atoms with Crippen LogP contribution in [0.15, 0.2) is 77.3 Å². The van der Waals surface area contributed by atoms with E-state index in [2.05, 4.69) is 25.9 Å². The molecule has 0 atom stereocenters. The predicted octanol–water partition coefficient (Wildman–Crippen LogP) is 5.31. The van der Waals surface area contributed by atoms with Gasteiger partial charge in [0, 0.05) is 27.9 Å². The maximum absolute atomic E-state index is 11.3. The van der Waals surface area contributed by atoms with Gasteiger partial charge in [0.2, 0.25) is 0 Å². The normalized spacial score (nSPS) is 11.2. The van der Waals surface area contributed by atoms with Gasteiger partial charge in [-0.15, -0.1) is 0 Å². The lowest BCUT2D eigenvalue weighted by atomic mass is 10.2. The average molecular weight is 446 g/mol. The molecule has 0 saturated heterocycles. The molecule has 8 heteroatoms. The fraction of sp³-hybridized carbons (Fsp3) is 0. The lowest BCUT2D eigenvalue weighted by Gasteiger charge is -2.09. The summed E-state index contributed by atoms with van der Waals surface area (Å²) in [6.07, 6.45) is 0. The highest BCUT2D eigenvalue weighted by atomic mass is 79.9. The molecule has 0 spiro atoms. The summed E-state index contributed by atoms with van der Waals surface area (Å²) >= 11 is 3.45. The fourth-order valence-corrected chi connectivity index (χ4v) is 3.51. The van der Waals surface area contributed by atoms with E-state index in [0.717, 1.165) is 21.2 Å². The van der Waals surface area contributed by atoms with Crippen molar-refractivity contribution in [2.75, 3.05) is 0 Å². The van der Waals surface area contributed by atoms with Gasteiger partial charge in [-0.05, 0) is 36.4 Å². The SMILES string of the molecule is O=[N+]([O-])c1cccc(-c2nc3nc4ccccc4nc3n2-c2ccc(Br)cc2)c1. The molecule has 140 valence electrons. The van der Waals surface area contributed by atoms with Crippen LogP contribution in [0.3, 0.4) is 0 Å². The van der Waals surface area contributed by atoms with Crippen molar-refractivity contribution in [3.8, 4) is 17.1 Å². The minimum atomic E-state index is -0.416. The molecule has 2 heterocycles. The van der Waals surface area contributed by atoms with Crippen molar-refractivity contribution in [1.29, 1.82) is 0 Å². The Morgan fingerprint density at radius 1 is 0.862 bits per heavy atom. The summed E-state index contributed by atoms with van der Waals surface area (Å²) in [5, 5.41) is 11.3. The van der Waals surface area contributed by atoms with Gasteiger partial charge in [0.1, 0.15) is 5.82 Å². The quantitative estimate of drug-likeness (QED) is 0.277. The number of nitro benzene ring substituents is 1. The number of fused-ring (bicyclic) bond motifs is 2. The maximum Gasteiger partial charge on any atom is 0.270 e. The van der Waals surface area contributed by atoms with Crippen LogP contribution in [0.4, 0.5) is 5.69 Å². The number of nitrogens with zero attached hydrogens (tertiary/aromatic N) is 5. The Balaban J connectivity index is 1.85. The van der Waals surface area contributed by atoms with Crippen LogP contribution in [-0.4, -0.2) is 24.4 Å². The van der Waals surface area contributed by atoms with Crippen LogP contribution in [-0.2, 0) is 0 Å². The van der Waals surface area contributed by atoms with Gasteiger partial charge in [0.05, 0.1) is 16.0 Å². The van der Waals surface area contributed by atoms with Crippen LogP contribution >= 0.6 is 15.9 Å². The first-order valence-corrected chi connectivity index (χ1v) is 9.55. The van der Waals surface area contributed by atoms with E-state index in [1.165, 1.54) is 12.1 Å². The Kier molecular flexibility index (Phi) is 4.06. The molecule has 3 aromatic carbocycles. The monoisotopic (exact) mass is 445 g/mol. The van der Waals surface area contributed by atoms with Crippen LogP contribution in [0.1, 0.15) is 0 Å². The molecule has 29 heavy (non-hydrogen) atoms. The van der Waals surface area contributed by atoms with Gasteiger partial charge in [-0.3, -0.25) is 14.7 Å². The molecular weight excluding hydrogens is 434 g/mol. The predicted molar refractivity (Wildman–Crippen MR) is 114 cm³/mol. The number of aromatic nitrogens is 4. The third-order valence-corrected chi connectivity index (χ3v) is 5.10. The van der Waals surface area contributed by atoms with E-state index >= 15 is 0 Å². The smallest absolute Gasteiger partial charge is 0.270 e. The lowest BCUT2D eigenvalue weighted by molar-refractivity contribution is -0.384. The summed E-state index contributed by atoms with van der Waals surface area (Å²) in [6.45, 7) is 0. The number of hydrogen-bond acceptors (Lipinski definition) is 5. The van der Waals surface area contributed by atoms with E-state index in [9.17, 15) is 10.1 Å². The topological polar surface area (TPSA) is 86.7 Å². The molecule has 0 amide bonds. The second-order valence-electron chi connectivity index (χ2n) is 6.41. The molecule has 0 saturated carbocycles. The van der Waals surface area contributed by atoms with E-state index in [-0.39, 0.29) is 5.69 Å². The Morgan fingerprint density at radius 3 is 2.31 bits per heavy atom. The van der Waals surface area contributed by atoms with Crippen LogP contribution in [0, 0.1) is 10.1 Å². The summed E-state index contributed by atoms with van der Waals surface area (Å²) in [7, 11) is 0. The number of nitro groups is 1. The molecule has 0 aliphatic carbocycles. The zero-order valence-electron chi connectivity index (χ0n) is 14.9. The van der Waals surface area contributed by atoms with Crippen LogP contribution in [0.25, 0.3) is 39.4 Å². The highest BCUT2D eigenvalue weighted by Gasteiger charge is 2.19. The average Bonchev–Trinajstić information content (AvgIpc) is 3.11. The van der Waals surface area contributed by atoms with E-state index < -0.39 is 4.92 Å². The minimum absolute atomic E-state index is 0.00277. The fourth-order valence-electron chi connectivity index (χ4n) is 3.24. The molecule has 0 radical (unpaired) electrons. The third-order valence-electron chi connectivity index (χ3n) is 4.57. The molecule has 0 aliphatic heterocycles. The largest absolute Gasteiger partial charge is 0.275 e. The van der Waals surface area contributed by atoms with Gasteiger partial charge in [-0.2, -0.15) is 0 Å². The van der Waals surface area contributed by atoms with E-state index in [4.69, 9.17) is 4.98 Å². The van der Waals surface area contributed by atoms with Crippen molar-refractivity contribution in [1.82, 2.24) is 19.5 Å². The van der Waals surface area contributed by atoms with E-state index in [0.29, 0.717) is 22.7 Å². The number of halogens is 1. The van der Waals surface area contributed by atoms with Gasteiger partial charge in [0.15, 0.2) is 11.3 Å².